The lowest BCUT2D eigenvalue weighted by Gasteiger charge is -2.37. The summed E-state index contributed by atoms with van der Waals surface area (Å²) >= 11 is 0. The maximum absolute atomic E-state index is 11.7. The van der Waals surface area contributed by atoms with Crippen LogP contribution in [0, 0.1) is 0 Å². The molecular formula is C23H26N2O5. The number of aliphatic hydroxyl groups is 1. The van der Waals surface area contributed by atoms with E-state index in [1.165, 1.54) is 0 Å². The molecular weight excluding hydrogens is 384 g/mol. The van der Waals surface area contributed by atoms with E-state index in [1.807, 2.05) is 24.3 Å². The fourth-order valence-electron chi connectivity index (χ4n) is 5.28. The van der Waals surface area contributed by atoms with Gasteiger partial charge in [0.15, 0.2) is 11.5 Å². The number of aliphatic hydroxyl groups excluding tert-OH is 1. The average Bonchev–Trinajstić information content (AvgIpc) is 3.25. The monoisotopic (exact) mass is 410 g/mol. The third-order valence-corrected chi connectivity index (χ3v) is 6.75. The van der Waals surface area contributed by atoms with Gasteiger partial charge in [-0.25, -0.2) is 0 Å². The Morgan fingerprint density at radius 1 is 1.00 bits per heavy atom. The molecule has 1 saturated heterocycles. The summed E-state index contributed by atoms with van der Waals surface area (Å²) in [6.45, 7) is 4.57. The predicted molar refractivity (Wildman–Crippen MR) is 111 cm³/mol. The molecule has 0 bridgehead atoms. The number of benzene rings is 2. The molecule has 3 unspecified atom stereocenters. The van der Waals surface area contributed by atoms with Crippen molar-refractivity contribution in [3.8, 4) is 17.2 Å². The Kier molecular flexibility index (Phi) is 4.13. The van der Waals surface area contributed by atoms with Crippen molar-refractivity contribution in [2.45, 2.75) is 17.7 Å². The van der Waals surface area contributed by atoms with Gasteiger partial charge in [-0.15, -0.1) is 0 Å². The van der Waals surface area contributed by atoms with Crippen molar-refractivity contribution in [2.75, 3.05) is 58.0 Å². The maximum atomic E-state index is 11.7. The lowest BCUT2D eigenvalue weighted by molar-refractivity contribution is -0.0209. The van der Waals surface area contributed by atoms with Crippen LogP contribution >= 0.6 is 0 Å². The number of rotatable bonds is 2. The Morgan fingerprint density at radius 3 is 2.63 bits per heavy atom. The van der Waals surface area contributed by atoms with Gasteiger partial charge in [-0.3, -0.25) is 0 Å². The number of para-hydroxylation sites is 1. The highest BCUT2D eigenvalue weighted by Crippen LogP contribution is 2.56. The van der Waals surface area contributed by atoms with E-state index in [2.05, 4.69) is 29.0 Å². The second kappa shape index (κ2) is 6.77. The van der Waals surface area contributed by atoms with Crippen LogP contribution in [0.5, 0.6) is 17.2 Å². The molecule has 2 aromatic carbocycles. The Labute approximate surface area is 175 Å². The van der Waals surface area contributed by atoms with Gasteiger partial charge in [-0.2, -0.15) is 0 Å². The van der Waals surface area contributed by atoms with Crippen molar-refractivity contribution < 1.29 is 24.1 Å². The van der Waals surface area contributed by atoms with Gasteiger partial charge in [0, 0.05) is 37.0 Å². The maximum Gasteiger partial charge on any atom is 0.165 e. The molecule has 7 nitrogen and oxygen atoms in total. The molecule has 0 radical (unpaired) electrons. The van der Waals surface area contributed by atoms with E-state index in [0.29, 0.717) is 44.5 Å². The summed E-state index contributed by atoms with van der Waals surface area (Å²) in [5, 5.41) is 11.7. The third-order valence-electron chi connectivity index (χ3n) is 6.75. The van der Waals surface area contributed by atoms with Crippen molar-refractivity contribution in [2.24, 2.45) is 0 Å². The smallest absolute Gasteiger partial charge is 0.165 e. The summed E-state index contributed by atoms with van der Waals surface area (Å²) in [4.78, 5) is 4.35. The Balaban J connectivity index is 1.42. The van der Waals surface area contributed by atoms with Gasteiger partial charge in [0.05, 0.1) is 12.7 Å². The molecule has 6 rings (SSSR count). The van der Waals surface area contributed by atoms with E-state index in [-0.39, 0.29) is 6.10 Å². The minimum atomic E-state index is -0.755. The number of likely N-dealkylation sites (N-methyl/N-ethyl adjacent to an activating group) is 1. The van der Waals surface area contributed by atoms with Crippen molar-refractivity contribution in [3.05, 3.63) is 47.5 Å². The second-order valence-electron chi connectivity index (χ2n) is 8.55. The third kappa shape index (κ3) is 2.55. The molecule has 0 aromatic heterocycles. The minimum Gasteiger partial charge on any atom is -0.492 e. The van der Waals surface area contributed by atoms with Crippen LogP contribution in [0.25, 0.3) is 0 Å². The van der Waals surface area contributed by atoms with Crippen LogP contribution < -0.4 is 19.1 Å². The van der Waals surface area contributed by atoms with Gasteiger partial charge < -0.3 is 33.9 Å². The molecule has 0 aliphatic carbocycles. The van der Waals surface area contributed by atoms with Crippen molar-refractivity contribution in [1.29, 1.82) is 0 Å². The van der Waals surface area contributed by atoms with Crippen molar-refractivity contribution in [1.82, 2.24) is 4.90 Å². The number of anilines is 1. The molecule has 4 heterocycles. The van der Waals surface area contributed by atoms with E-state index >= 15 is 0 Å². The lowest BCUT2D eigenvalue weighted by atomic mass is 9.76. The first kappa shape index (κ1) is 18.3. The number of fused-ring (bicyclic) bond motifs is 5. The summed E-state index contributed by atoms with van der Waals surface area (Å²) in [7, 11) is 2.11. The van der Waals surface area contributed by atoms with Gasteiger partial charge in [0.2, 0.25) is 0 Å². The summed E-state index contributed by atoms with van der Waals surface area (Å²) in [5.41, 5.74) is 2.41. The Hall–Kier alpha value is -2.48. The van der Waals surface area contributed by atoms with Crippen LogP contribution in [-0.2, 0) is 10.2 Å². The first-order chi connectivity index (χ1) is 14.7. The van der Waals surface area contributed by atoms with Gasteiger partial charge in [-0.1, -0.05) is 18.2 Å². The first-order valence-electron chi connectivity index (χ1n) is 10.6. The van der Waals surface area contributed by atoms with E-state index in [9.17, 15) is 5.11 Å². The topological polar surface area (TPSA) is 63.6 Å². The number of nitrogens with zero attached hydrogens (tertiary/aromatic N) is 2. The fourth-order valence-corrected chi connectivity index (χ4v) is 5.28. The number of hydrogen-bond acceptors (Lipinski definition) is 7. The van der Waals surface area contributed by atoms with E-state index in [0.717, 1.165) is 35.7 Å². The molecule has 7 heteroatoms. The molecule has 158 valence electrons. The van der Waals surface area contributed by atoms with E-state index < -0.39 is 11.6 Å². The van der Waals surface area contributed by atoms with Gasteiger partial charge in [0.25, 0.3) is 0 Å². The van der Waals surface area contributed by atoms with Crippen molar-refractivity contribution >= 4 is 5.69 Å². The molecule has 4 aliphatic rings. The summed E-state index contributed by atoms with van der Waals surface area (Å²) in [6.07, 6.45) is -0.710. The average molecular weight is 410 g/mol. The SMILES string of the molecule is CN1CCOC(CN2c3ccccc3C3(COc4cc5c(cc43)OCCO5)C2O)C1. The first-order valence-corrected chi connectivity index (χ1v) is 10.6. The largest absolute Gasteiger partial charge is 0.492 e. The van der Waals surface area contributed by atoms with E-state index in [1.54, 1.807) is 0 Å². The summed E-state index contributed by atoms with van der Waals surface area (Å²) in [6, 6.07) is 12.1. The van der Waals surface area contributed by atoms with Crippen LogP contribution in [0.2, 0.25) is 0 Å². The van der Waals surface area contributed by atoms with Gasteiger partial charge in [-0.05, 0) is 24.7 Å². The number of hydrogen-bond donors (Lipinski definition) is 1. The highest BCUT2D eigenvalue weighted by Gasteiger charge is 2.57. The van der Waals surface area contributed by atoms with Crippen LogP contribution in [0.3, 0.4) is 0 Å². The van der Waals surface area contributed by atoms with Crippen LogP contribution in [0.15, 0.2) is 36.4 Å². The molecule has 1 fully saturated rings. The Bertz CT molecular complexity index is 982. The highest BCUT2D eigenvalue weighted by atomic mass is 16.6. The quantitative estimate of drug-likeness (QED) is 0.807. The lowest BCUT2D eigenvalue weighted by Crippen LogP contribution is -2.52. The molecule has 1 spiro atoms. The molecule has 4 aliphatic heterocycles. The molecule has 0 saturated carbocycles. The molecule has 30 heavy (non-hydrogen) atoms. The Morgan fingerprint density at radius 2 is 1.80 bits per heavy atom. The standard InChI is InChI=1S/C23H26N2O5/c1-24-6-7-27-15(12-24)13-25-18-5-3-2-4-16(18)23(22(25)26)14-30-19-11-21-20(10-17(19)23)28-8-9-29-21/h2-5,10-11,15,22,26H,6-9,12-14H2,1H3. The minimum absolute atomic E-state index is 0.0451. The normalized spacial score (nSPS) is 29.6. The molecule has 3 atom stereocenters. The summed E-state index contributed by atoms with van der Waals surface area (Å²) < 4.78 is 23.7. The molecule has 0 amide bonds. The fraction of sp³-hybridized carbons (Fsp3) is 0.478. The van der Waals surface area contributed by atoms with Crippen LogP contribution in [-0.4, -0.2) is 75.4 Å². The number of morpholine rings is 1. The van der Waals surface area contributed by atoms with Crippen LogP contribution in [0.4, 0.5) is 5.69 Å². The van der Waals surface area contributed by atoms with E-state index in [4.69, 9.17) is 18.9 Å². The van der Waals surface area contributed by atoms with Crippen LogP contribution in [0.1, 0.15) is 11.1 Å². The zero-order valence-electron chi connectivity index (χ0n) is 17.0. The zero-order valence-corrected chi connectivity index (χ0v) is 17.0. The van der Waals surface area contributed by atoms with Crippen molar-refractivity contribution in [3.63, 3.8) is 0 Å². The predicted octanol–water partition coefficient (Wildman–Crippen LogP) is 1.61. The van der Waals surface area contributed by atoms with Gasteiger partial charge >= 0.3 is 0 Å². The van der Waals surface area contributed by atoms with Gasteiger partial charge in [0.1, 0.15) is 37.2 Å². The summed E-state index contributed by atoms with van der Waals surface area (Å²) in [5.74, 6) is 2.17. The molecule has 1 N–H and O–H groups in total. The highest BCUT2D eigenvalue weighted by molar-refractivity contribution is 5.71. The second-order valence-corrected chi connectivity index (χ2v) is 8.55. The zero-order chi connectivity index (χ0) is 20.3. The number of ether oxygens (including phenoxy) is 4. The molecule has 2 aromatic rings.